The lowest BCUT2D eigenvalue weighted by molar-refractivity contribution is -0.188. The van der Waals surface area contributed by atoms with E-state index in [1.165, 1.54) is 0 Å². The Labute approximate surface area is 90.0 Å². The zero-order chi connectivity index (χ0) is 11.8. The molecule has 16 heavy (non-hydrogen) atoms. The average molecular weight is 235 g/mol. The lowest BCUT2D eigenvalue weighted by Gasteiger charge is -2.30. The molecule has 90 valence electrons. The van der Waals surface area contributed by atoms with Gasteiger partial charge in [-0.25, -0.2) is 0 Å². The molecule has 0 aromatic carbocycles. The Balaban J connectivity index is 2.23. The van der Waals surface area contributed by atoms with E-state index >= 15 is 0 Å². The van der Waals surface area contributed by atoms with Gasteiger partial charge in [0.15, 0.2) is 0 Å². The van der Waals surface area contributed by atoms with E-state index in [0.717, 1.165) is 6.42 Å². The quantitative estimate of drug-likeness (QED) is 0.812. The molecular formula is C9H12F3N3O. The van der Waals surface area contributed by atoms with Crippen LogP contribution < -0.4 is 5.73 Å². The minimum absolute atomic E-state index is 0.0134. The van der Waals surface area contributed by atoms with E-state index in [0.29, 0.717) is 12.8 Å². The fourth-order valence-electron chi connectivity index (χ4n) is 2.21. The van der Waals surface area contributed by atoms with Gasteiger partial charge < -0.3 is 10.2 Å². The van der Waals surface area contributed by atoms with Crippen molar-refractivity contribution < 1.29 is 17.6 Å². The first-order valence-electron chi connectivity index (χ1n) is 5.14. The highest BCUT2D eigenvalue weighted by molar-refractivity contribution is 5.08. The highest BCUT2D eigenvalue weighted by Gasteiger charge is 2.47. The second-order valence-electron chi connectivity index (χ2n) is 4.02. The van der Waals surface area contributed by atoms with Gasteiger partial charge in [-0.2, -0.15) is 13.2 Å². The van der Waals surface area contributed by atoms with Crippen LogP contribution in [0.25, 0.3) is 0 Å². The van der Waals surface area contributed by atoms with Gasteiger partial charge in [-0.05, 0) is 12.8 Å². The van der Waals surface area contributed by atoms with Gasteiger partial charge in [-0.1, -0.05) is 17.9 Å². The Kier molecular flexibility index (Phi) is 2.77. The number of halogens is 3. The van der Waals surface area contributed by atoms with Crippen LogP contribution in [-0.4, -0.2) is 16.4 Å². The number of anilines is 1. The first-order chi connectivity index (χ1) is 7.48. The Morgan fingerprint density at radius 1 is 1.19 bits per heavy atom. The molecule has 2 rings (SSSR count). The highest BCUT2D eigenvalue weighted by Crippen LogP contribution is 2.45. The highest BCUT2D eigenvalue weighted by atomic mass is 19.4. The third kappa shape index (κ3) is 2.12. The van der Waals surface area contributed by atoms with E-state index in [-0.39, 0.29) is 18.3 Å². The number of hydrogen-bond donors (Lipinski definition) is 1. The van der Waals surface area contributed by atoms with Gasteiger partial charge in [-0.15, -0.1) is 5.10 Å². The van der Waals surface area contributed by atoms with Crippen LogP contribution in [0.1, 0.15) is 37.5 Å². The molecular weight excluding hydrogens is 223 g/mol. The second-order valence-corrected chi connectivity index (χ2v) is 4.02. The van der Waals surface area contributed by atoms with Crippen LogP contribution in [0, 0.1) is 5.92 Å². The molecule has 1 aromatic heterocycles. The Bertz CT molecular complexity index is 363. The van der Waals surface area contributed by atoms with E-state index in [2.05, 4.69) is 10.2 Å². The summed E-state index contributed by atoms with van der Waals surface area (Å²) in [7, 11) is 0. The van der Waals surface area contributed by atoms with Crippen LogP contribution >= 0.6 is 0 Å². The van der Waals surface area contributed by atoms with Gasteiger partial charge in [0.1, 0.15) is 0 Å². The molecule has 1 fully saturated rings. The summed E-state index contributed by atoms with van der Waals surface area (Å²) in [5.41, 5.74) is 5.22. The predicted molar refractivity (Wildman–Crippen MR) is 49.5 cm³/mol. The molecule has 0 aliphatic heterocycles. The molecule has 0 spiro atoms. The molecule has 2 N–H and O–H groups in total. The average Bonchev–Trinajstić information content (AvgIpc) is 2.64. The first kappa shape index (κ1) is 11.2. The fourth-order valence-corrected chi connectivity index (χ4v) is 2.21. The van der Waals surface area contributed by atoms with Crippen molar-refractivity contribution in [3.63, 3.8) is 0 Å². The van der Waals surface area contributed by atoms with Gasteiger partial charge in [0, 0.05) is 5.92 Å². The number of alkyl halides is 3. The molecule has 0 unspecified atom stereocenters. The van der Waals surface area contributed by atoms with E-state index in [4.69, 9.17) is 10.2 Å². The molecule has 1 aliphatic rings. The topological polar surface area (TPSA) is 64.9 Å². The Morgan fingerprint density at radius 3 is 2.44 bits per heavy atom. The normalized spacial score (nSPS) is 26.9. The number of nitrogen functional groups attached to an aromatic ring is 1. The molecule has 4 nitrogen and oxygen atoms in total. The van der Waals surface area contributed by atoms with Gasteiger partial charge in [-0.3, -0.25) is 0 Å². The number of hydrogen-bond acceptors (Lipinski definition) is 4. The molecule has 0 saturated heterocycles. The maximum Gasteiger partial charge on any atom is 0.392 e. The van der Waals surface area contributed by atoms with E-state index in [1.807, 2.05) is 0 Å². The number of rotatable bonds is 1. The molecule has 2 atom stereocenters. The summed E-state index contributed by atoms with van der Waals surface area (Å²) < 4.78 is 43.2. The first-order valence-corrected chi connectivity index (χ1v) is 5.14. The number of nitrogens with two attached hydrogens (primary N) is 1. The summed E-state index contributed by atoms with van der Waals surface area (Å²) in [5, 5.41) is 6.96. The van der Waals surface area contributed by atoms with Gasteiger partial charge in [0.2, 0.25) is 5.89 Å². The zero-order valence-corrected chi connectivity index (χ0v) is 8.50. The minimum Gasteiger partial charge on any atom is -0.408 e. The van der Waals surface area contributed by atoms with Gasteiger partial charge in [0.25, 0.3) is 0 Å². The largest absolute Gasteiger partial charge is 0.408 e. The zero-order valence-electron chi connectivity index (χ0n) is 8.50. The molecule has 1 aromatic rings. The van der Waals surface area contributed by atoms with Crippen molar-refractivity contribution in [2.75, 3.05) is 5.73 Å². The molecule has 0 radical (unpaired) electrons. The summed E-state index contributed by atoms with van der Waals surface area (Å²) in [6, 6.07) is -0.179. The summed E-state index contributed by atoms with van der Waals surface area (Å²) in [6.07, 6.45) is -2.33. The maximum absolute atomic E-state index is 12.8. The Hall–Kier alpha value is -1.27. The molecule has 0 amide bonds. The third-order valence-corrected chi connectivity index (χ3v) is 2.96. The van der Waals surface area contributed by atoms with Gasteiger partial charge in [0.05, 0.1) is 5.92 Å². The van der Waals surface area contributed by atoms with Crippen molar-refractivity contribution in [1.29, 1.82) is 0 Å². The van der Waals surface area contributed by atoms with E-state index in [9.17, 15) is 13.2 Å². The summed E-state index contributed by atoms with van der Waals surface area (Å²) in [5.74, 6) is -2.11. The third-order valence-electron chi connectivity index (χ3n) is 2.96. The van der Waals surface area contributed by atoms with E-state index < -0.39 is 18.0 Å². The van der Waals surface area contributed by atoms with E-state index in [1.54, 1.807) is 0 Å². The van der Waals surface area contributed by atoms with Gasteiger partial charge >= 0.3 is 12.2 Å². The number of nitrogens with zero attached hydrogens (tertiary/aromatic N) is 2. The molecule has 1 saturated carbocycles. The summed E-state index contributed by atoms with van der Waals surface area (Å²) >= 11 is 0. The SMILES string of the molecule is Nc1nnc([C@@H]2CCCC[C@H]2C(F)(F)F)o1. The predicted octanol–water partition coefficient (Wildman–Crippen LogP) is 2.49. The van der Waals surface area contributed by atoms with Crippen molar-refractivity contribution in [3.8, 4) is 0 Å². The van der Waals surface area contributed by atoms with Crippen molar-refractivity contribution in [2.24, 2.45) is 5.92 Å². The monoisotopic (exact) mass is 235 g/mol. The Morgan fingerprint density at radius 2 is 1.88 bits per heavy atom. The van der Waals surface area contributed by atoms with Crippen LogP contribution in [0.3, 0.4) is 0 Å². The smallest absolute Gasteiger partial charge is 0.392 e. The van der Waals surface area contributed by atoms with Crippen molar-refractivity contribution in [2.45, 2.75) is 37.8 Å². The molecule has 1 aliphatic carbocycles. The summed E-state index contributed by atoms with van der Waals surface area (Å²) in [4.78, 5) is 0. The lowest BCUT2D eigenvalue weighted by atomic mass is 9.79. The second kappa shape index (κ2) is 3.95. The lowest BCUT2D eigenvalue weighted by Crippen LogP contribution is -2.31. The molecule has 7 heteroatoms. The maximum atomic E-state index is 12.8. The number of aromatic nitrogens is 2. The molecule has 0 bridgehead atoms. The van der Waals surface area contributed by atoms with Crippen molar-refractivity contribution >= 4 is 6.01 Å². The van der Waals surface area contributed by atoms with Crippen molar-refractivity contribution in [1.82, 2.24) is 10.2 Å². The standard InChI is InChI=1S/C9H12F3N3O/c10-9(11,12)6-4-2-1-3-5(6)7-14-15-8(13)16-7/h5-6H,1-4H2,(H2,13,15)/t5-,6-/m1/s1. The van der Waals surface area contributed by atoms with Crippen LogP contribution in [0.15, 0.2) is 4.42 Å². The van der Waals surface area contributed by atoms with Crippen LogP contribution in [-0.2, 0) is 0 Å². The summed E-state index contributed by atoms with van der Waals surface area (Å²) in [6.45, 7) is 0. The van der Waals surface area contributed by atoms with Crippen LogP contribution in [0.5, 0.6) is 0 Å². The van der Waals surface area contributed by atoms with Crippen molar-refractivity contribution in [3.05, 3.63) is 5.89 Å². The molecule has 1 heterocycles. The van der Waals surface area contributed by atoms with Crippen LogP contribution in [0.2, 0.25) is 0 Å². The fraction of sp³-hybridized carbons (Fsp3) is 0.778. The minimum atomic E-state index is -4.21. The van der Waals surface area contributed by atoms with Crippen LogP contribution in [0.4, 0.5) is 19.2 Å².